The van der Waals surface area contributed by atoms with Crippen molar-refractivity contribution in [2.45, 2.75) is 39.0 Å². The molecule has 1 aliphatic rings. The molecule has 0 saturated heterocycles. The van der Waals surface area contributed by atoms with Crippen LogP contribution in [0.3, 0.4) is 0 Å². The summed E-state index contributed by atoms with van der Waals surface area (Å²) < 4.78 is 16.7. The lowest BCUT2D eigenvalue weighted by Crippen LogP contribution is -2.50. The molecule has 0 unspecified atom stereocenters. The number of hydrogen-bond donors (Lipinski definition) is 1. The first-order chi connectivity index (χ1) is 13.5. The van der Waals surface area contributed by atoms with Gasteiger partial charge in [-0.2, -0.15) is 0 Å². The maximum Gasteiger partial charge on any atom is 0.328 e. The van der Waals surface area contributed by atoms with Crippen LogP contribution in [0.25, 0.3) is 0 Å². The Morgan fingerprint density at radius 3 is 2.46 bits per heavy atom. The van der Waals surface area contributed by atoms with Crippen molar-refractivity contribution >= 4 is 11.9 Å². The Morgan fingerprint density at radius 2 is 1.75 bits per heavy atom. The average molecular weight is 383 g/mol. The number of carbonyl (C=O) groups is 2. The molecule has 0 spiro atoms. The normalized spacial score (nSPS) is 16.3. The van der Waals surface area contributed by atoms with Crippen LogP contribution < -0.4 is 14.8 Å². The lowest BCUT2D eigenvalue weighted by atomic mass is 10.0. The number of fused-ring (bicyclic) bond motifs is 1. The van der Waals surface area contributed by atoms with Gasteiger partial charge in [-0.15, -0.1) is 0 Å². The summed E-state index contributed by atoms with van der Waals surface area (Å²) >= 11 is 0. The second-order valence-corrected chi connectivity index (χ2v) is 7.15. The molecule has 1 heterocycles. The zero-order chi connectivity index (χ0) is 19.9. The summed E-state index contributed by atoms with van der Waals surface area (Å²) in [5, 5.41) is 2.77. The third-order valence-corrected chi connectivity index (χ3v) is 4.33. The van der Waals surface area contributed by atoms with Crippen molar-refractivity contribution in [2.24, 2.45) is 5.92 Å². The molecule has 1 N–H and O–H groups in total. The Balaban J connectivity index is 1.60. The van der Waals surface area contributed by atoms with Crippen LogP contribution in [-0.2, 0) is 20.9 Å². The molecule has 0 bridgehead atoms. The molecule has 2 aromatic rings. The van der Waals surface area contributed by atoms with Crippen molar-refractivity contribution in [1.29, 1.82) is 0 Å². The molecular formula is C22H25NO5. The minimum atomic E-state index is -0.813. The van der Waals surface area contributed by atoms with Crippen LogP contribution in [0.1, 0.15) is 25.8 Å². The first kappa shape index (κ1) is 19.7. The van der Waals surface area contributed by atoms with E-state index in [-0.39, 0.29) is 19.1 Å². The van der Waals surface area contributed by atoms with E-state index in [1.807, 2.05) is 56.3 Å². The molecule has 6 nitrogen and oxygen atoms in total. The predicted octanol–water partition coefficient (Wildman–Crippen LogP) is 3.10. The molecule has 0 aromatic heterocycles. The maximum absolute atomic E-state index is 12.7. The van der Waals surface area contributed by atoms with Crippen LogP contribution in [0.15, 0.2) is 54.6 Å². The van der Waals surface area contributed by atoms with Crippen LogP contribution in [0, 0.1) is 5.92 Å². The van der Waals surface area contributed by atoms with Gasteiger partial charge in [-0.25, -0.2) is 4.79 Å². The quantitative estimate of drug-likeness (QED) is 0.744. The van der Waals surface area contributed by atoms with E-state index in [0.29, 0.717) is 17.9 Å². The number of hydrogen-bond acceptors (Lipinski definition) is 5. The average Bonchev–Trinajstić information content (AvgIpc) is 2.71. The fraction of sp³-hybridized carbons (Fsp3) is 0.364. The number of carbonyl (C=O) groups excluding carboxylic acids is 2. The van der Waals surface area contributed by atoms with E-state index in [0.717, 1.165) is 5.56 Å². The number of benzene rings is 2. The molecule has 148 valence electrons. The van der Waals surface area contributed by atoms with E-state index in [2.05, 4.69) is 5.32 Å². The van der Waals surface area contributed by atoms with E-state index in [9.17, 15) is 9.59 Å². The molecule has 1 amide bonds. The maximum atomic E-state index is 12.7. The largest absolute Gasteiger partial charge is 0.485 e. The van der Waals surface area contributed by atoms with Gasteiger partial charge >= 0.3 is 5.97 Å². The molecular weight excluding hydrogens is 358 g/mol. The second kappa shape index (κ2) is 9.26. The number of esters is 1. The fourth-order valence-electron chi connectivity index (χ4n) is 2.93. The van der Waals surface area contributed by atoms with Gasteiger partial charge in [0.05, 0.1) is 0 Å². The zero-order valence-electron chi connectivity index (χ0n) is 16.1. The van der Waals surface area contributed by atoms with Gasteiger partial charge in [-0.05, 0) is 30.0 Å². The first-order valence-corrected chi connectivity index (χ1v) is 9.42. The number of para-hydroxylation sites is 2. The van der Waals surface area contributed by atoms with Gasteiger partial charge in [0.2, 0.25) is 6.10 Å². The van der Waals surface area contributed by atoms with Crippen molar-refractivity contribution in [3.8, 4) is 11.5 Å². The van der Waals surface area contributed by atoms with E-state index in [4.69, 9.17) is 14.2 Å². The topological polar surface area (TPSA) is 73.9 Å². The summed E-state index contributed by atoms with van der Waals surface area (Å²) in [4.78, 5) is 25.2. The summed E-state index contributed by atoms with van der Waals surface area (Å²) in [6.45, 7) is 4.23. The van der Waals surface area contributed by atoms with Gasteiger partial charge in [-0.3, -0.25) is 4.79 Å². The van der Waals surface area contributed by atoms with Gasteiger partial charge in [0.15, 0.2) is 11.5 Å². The number of nitrogens with one attached hydrogen (secondary N) is 1. The molecule has 28 heavy (non-hydrogen) atoms. The lowest BCUT2D eigenvalue weighted by Gasteiger charge is -2.27. The number of rotatable bonds is 7. The van der Waals surface area contributed by atoms with E-state index >= 15 is 0 Å². The minimum absolute atomic E-state index is 0.0936. The molecule has 2 aromatic carbocycles. The molecule has 1 aliphatic heterocycles. The van der Waals surface area contributed by atoms with Crippen molar-refractivity contribution in [3.05, 3.63) is 60.2 Å². The number of amides is 1. The summed E-state index contributed by atoms with van der Waals surface area (Å²) in [5.74, 6) is 0.479. The van der Waals surface area contributed by atoms with E-state index < -0.39 is 24.0 Å². The Kier molecular flexibility index (Phi) is 6.53. The van der Waals surface area contributed by atoms with Gasteiger partial charge in [-0.1, -0.05) is 56.3 Å². The fourth-order valence-corrected chi connectivity index (χ4v) is 2.93. The van der Waals surface area contributed by atoms with Crippen LogP contribution in [-0.4, -0.2) is 30.6 Å². The molecule has 2 atom stereocenters. The van der Waals surface area contributed by atoms with Crippen molar-refractivity contribution in [3.63, 3.8) is 0 Å². The monoisotopic (exact) mass is 383 g/mol. The molecule has 0 aliphatic carbocycles. The summed E-state index contributed by atoms with van der Waals surface area (Å²) in [6, 6.07) is 15.9. The SMILES string of the molecule is CC(C)C[C@H](NC(=O)[C@H]1COc2ccccc2O1)C(=O)OCc1ccccc1. The Hall–Kier alpha value is -3.02. The van der Waals surface area contributed by atoms with Crippen LogP contribution >= 0.6 is 0 Å². The van der Waals surface area contributed by atoms with Crippen molar-refractivity contribution in [2.75, 3.05) is 6.61 Å². The van der Waals surface area contributed by atoms with Crippen LogP contribution in [0.5, 0.6) is 11.5 Å². The van der Waals surface area contributed by atoms with Crippen molar-refractivity contribution < 1.29 is 23.8 Å². The Morgan fingerprint density at radius 1 is 1.07 bits per heavy atom. The Bertz CT molecular complexity index is 806. The van der Waals surface area contributed by atoms with Crippen molar-refractivity contribution in [1.82, 2.24) is 5.32 Å². The first-order valence-electron chi connectivity index (χ1n) is 9.42. The highest BCUT2D eigenvalue weighted by atomic mass is 16.6. The predicted molar refractivity (Wildman–Crippen MR) is 104 cm³/mol. The third-order valence-electron chi connectivity index (χ3n) is 4.33. The molecule has 6 heteroatoms. The van der Waals surface area contributed by atoms with Gasteiger partial charge in [0.1, 0.15) is 19.3 Å². The highest BCUT2D eigenvalue weighted by Crippen LogP contribution is 2.30. The number of ether oxygens (including phenoxy) is 3. The van der Waals surface area contributed by atoms with E-state index in [1.54, 1.807) is 12.1 Å². The van der Waals surface area contributed by atoms with Gasteiger partial charge in [0, 0.05) is 0 Å². The molecule has 0 saturated carbocycles. The molecule has 0 radical (unpaired) electrons. The van der Waals surface area contributed by atoms with Gasteiger partial charge in [0.25, 0.3) is 5.91 Å². The summed E-state index contributed by atoms with van der Waals surface area (Å²) in [5.41, 5.74) is 0.895. The highest BCUT2D eigenvalue weighted by molar-refractivity contribution is 5.87. The molecule has 0 fully saturated rings. The third kappa shape index (κ3) is 5.25. The zero-order valence-corrected chi connectivity index (χ0v) is 16.1. The standard InChI is InChI=1S/C22H25NO5/c1-15(2)12-17(22(25)27-13-16-8-4-3-5-9-16)23-21(24)20-14-26-18-10-6-7-11-19(18)28-20/h3-11,15,17,20H,12-14H2,1-2H3,(H,23,24)/t17-,20+/m0/s1. The summed E-state index contributed by atoms with van der Waals surface area (Å²) in [6.07, 6.45) is -0.338. The summed E-state index contributed by atoms with van der Waals surface area (Å²) in [7, 11) is 0. The van der Waals surface area contributed by atoms with Crippen LogP contribution in [0.2, 0.25) is 0 Å². The molecule has 3 rings (SSSR count). The van der Waals surface area contributed by atoms with Crippen LogP contribution in [0.4, 0.5) is 0 Å². The lowest BCUT2D eigenvalue weighted by molar-refractivity contribution is -0.150. The Labute approximate surface area is 164 Å². The van der Waals surface area contributed by atoms with E-state index in [1.165, 1.54) is 0 Å². The highest BCUT2D eigenvalue weighted by Gasteiger charge is 2.31. The smallest absolute Gasteiger partial charge is 0.328 e. The minimum Gasteiger partial charge on any atom is -0.485 e. The van der Waals surface area contributed by atoms with Gasteiger partial charge < -0.3 is 19.5 Å². The second-order valence-electron chi connectivity index (χ2n) is 7.15.